The van der Waals surface area contributed by atoms with Gasteiger partial charge in [0.05, 0.1) is 6.10 Å². The summed E-state index contributed by atoms with van der Waals surface area (Å²) in [6, 6.07) is 6.96. The molecule has 0 heterocycles. The first-order valence-electron chi connectivity index (χ1n) is 6.48. The van der Waals surface area contributed by atoms with E-state index in [9.17, 15) is 9.90 Å². The highest BCUT2D eigenvalue weighted by atomic mass is 35.5. The van der Waals surface area contributed by atoms with Gasteiger partial charge in [-0.3, -0.25) is 4.79 Å². The molecule has 1 atom stereocenters. The van der Waals surface area contributed by atoms with E-state index in [1.807, 2.05) is 0 Å². The van der Waals surface area contributed by atoms with Crippen molar-refractivity contribution in [2.45, 2.75) is 39.7 Å². The summed E-state index contributed by atoms with van der Waals surface area (Å²) in [6.45, 7) is 6.53. The van der Waals surface area contributed by atoms with Crippen LogP contribution in [-0.4, -0.2) is 17.6 Å². The normalized spacial score (nSPS) is 13.1. The van der Waals surface area contributed by atoms with Crippen molar-refractivity contribution in [2.75, 3.05) is 6.54 Å². The van der Waals surface area contributed by atoms with Crippen LogP contribution in [0.2, 0.25) is 5.02 Å². The van der Waals surface area contributed by atoms with Crippen molar-refractivity contribution in [2.24, 2.45) is 5.41 Å². The second-order valence-corrected chi connectivity index (χ2v) is 6.37. The van der Waals surface area contributed by atoms with Crippen LogP contribution >= 0.6 is 11.6 Å². The molecule has 0 saturated carbocycles. The zero-order valence-electron chi connectivity index (χ0n) is 11.7. The number of carbonyl (C=O) groups excluding carboxylic acids is 1. The summed E-state index contributed by atoms with van der Waals surface area (Å²) in [4.78, 5) is 11.6. The average Bonchev–Trinajstić information content (AvgIpc) is 2.33. The molecule has 3 nitrogen and oxygen atoms in total. The molecule has 1 rings (SSSR count). The third-order valence-electron chi connectivity index (χ3n) is 2.85. The van der Waals surface area contributed by atoms with Crippen molar-refractivity contribution in [3.8, 4) is 0 Å². The van der Waals surface area contributed by atoms with Crippen LogP contribution in [-0.2, 0) is 4.79 Å². The Morgan fingerprint density at radius 2 is 1.89 bits per heavy atom. The number of benzene rings is 1. The van der Waals surface area contributed by atoms with E-state index in [4.69, 9.17) is 11.6 Å². The summed E-state index contributed by atoms with van der Waals surface area (Å²) in [5.74, 6) is -0.0251. The second-order valence-electron chi connectivity index (χ2n) is 5.93. The Hall–Kier alpha value is -1.06. The summed E-state index contributed by atoms with van der Waals surface area (Å²) in [5, 5.41) is 13.3. The number of aliphatic hydroxyl groups is 1. The van der Waals surface area contributed by atoms with Gasteiger partial charge in [0, 0.05) is 18.0 Å². The standard InChI is InChI=1S/C15H22ClNO2/c1-15(2,3)9-8-14(19)17-10-13(18)11-4-6-12(16)7-5-11/h4-7,13,18H,8-10H2,1-3H3,(H,17,19). The topological polar surface area (TPSA) is 49.3 Å². The quantitative estimate of drug-likeness (QED) is 0.871. The minimum atomic E-state index is -0.698. The molecule has 19 heavy (non-hydrogen) atoms. The highest BCUT2D eigenvalue weighted by Crippen LogP contribution is 2.20. The number of carbonyl (C=O) groups is 1. The lowest BCUT2D eigenvalue weighted by molar-refractivity contribution is -0.122. The van der Waals surface area contributed by atoms with Crippen LogP contribution < -0.4 is 5.32 Å². The van der Waals surface area contributed by atoms with E-state index in [0.29, 0.717) is 11.4 Å². The molecule has 2 N–H and O–H groups in total. The molecule has 0 saturated heterocycles. The second kappa shape index (κ2) is 6.92. The first-order valence-corrected chi connectivity index (χ1v) is 6.86. The monoisotopic (exact) mass is 283 g/mol. The summed E-state index contributed by atoms with van der Waals surface area (Å²) in [7, 11) is 0. The van der Waals surface area contributed by atoms with Gasteiger partial charge in [-0.15, -0.1) is 0 Å². The van der Waals surface area contributed by atoms with Gasteiger partial charge in [-0.1, -0.05) is 44.5 Å². The van der Waals surface area contributed by atoms with Crippen LogP contribution in [0.5, 0.6) is 0 Å². The Kier molecular flexibility index (Phi) is 5.83. The molecule has 4 heteroatoms. The molecule has 106 valence electrons. The highest BCUT2D eigenvalue weighted by Gasteiger charge is 2.14. The van der Waals surface area contributed by atoms with E-state index in [1.165, 1.54) is 0 Å². The van der Waals surface area contributed by atoms with Gasteiger partial charge in [-0.25, -0.2) is 0 Å². The zero-order chi connectivity index (χ0) is 14.5. The van der Waals surface area contributed by atoms with E-state index in [2.05, 4.69) is 26.1 Å². The van der Waals surface area contributed by atoms with E-state index < -0.39 is 6.10 Å². The van der Waals surface area contributed by atoms with Gasteiger partial charge >= 0.3 is 0 Å². The molecular formula is C15H22ClNO2. The van der Waals surface area contributed by atoms with Crippen molar-refractivity contribution in [3.05, 3.63) is 34.9 Å². The van der Waals surface area contributed by atoms with Crippen LogP contribution in [0, 0.1) is 5.41 Å². The minimum absolute atomic E-state index is 0.0251. The molecule has 0 radical (unpaired) electrons. The van der Waals surface area contributed by atoms with Gasteiger partial charge in [0.25, 0.3) is 0 Å². The van der Waals surface area contributed by atoms with Crippen molar-refractivity contribution in [3.63, 3.8) is 0 Å². The minimum Gasteiger partial charge on any atom is -0.387 e. The largest absolute Gasteiger partial charge is 0.387 e. The molecule has 1 aromatic carbocycles. The average molecular weight is 284 g/mol. The lowest BCUT2D eigenvalue weighted by Crippen LogP contribution is -2.29. The van der Waals surface area contributed by atoms with Gasteiger partial charge in [0.1, 0.15) is 0 Å². The first-order chi connectivity index (χ1) is 8.78. The van der Waals surface area contributed by atoms with Gasteiger partial charge in [0.2, 0.25) is 5.91 Å². The van der Waals surface area contributed by atoms with Crippen LogP contribution in [0.25, 0.3) is 0 Å². The van der Waals surface area contributed by atoms with Gasteiger partial charge in [-0.2, -0.15) is 0 Å². The third kappa shape index (κ3) is 6.60. The van der Waals surface area contributed by atoms with Gasteiger partial charge in [-0.05, 0) is 29.5 Å². The molecule has 0 bridgehead atoms. The Labute approximate surface area is 120 Å². The molecule has 0 fully saturated rings. The van der Waals surface area contributed by atoms with Crippen molar-refractivity contribution >= 4 is 17.5 Å². The summed E-state index contributed by atoms with van der Waals surface area (Å²) < 4.78 is 0. The van der Waals surface area contributed by atoms with E-state index in [-0.39, 0.29) is 17.9 Å². The Morgan fingerprint density at radius 3 is 2.42 bits per heavy atom. The van der Waals surface area contributed by atoms with Crippen molar-refractivity contribution in [1.82, 2.24) is 5.32 Å². The van der Waals surface area contributed by atoms with E-state index in [1.54, 1.807) is 24.3 Å². The van der Waals surface area contributed by atoms with Crippen LogP contribution in [0.1, 0.15) is 45.3 Å². The lowest BCUT2D eigenvalue weighted by atomic mass is 9.90. The number of hydrogen-bond acceptors (Lipinski definition) is 2. The maximum Gasteiger partial charge on any atom is 0.220 e. The van der Waals surface area contributed by atoms with Gasteiger partial charge < -0.3 is 10.4 Å². The number of aliphatic hydroxyl groups excluding tert-OH is 1. The molecule has 0 aliphatic rings. The van der Waals surface area contributed by atoms with Crippen LogP contribution in [0.15, 0.2) is 24.3 Å². The fourth-order valence-corrected chi connectivity index (χ4v) is 1.72. The van der Waals surface area contributed by atoms with Crippen LogP contribution in [0.4, 0.5) is 0 Å². The third-order valence-corrected chi connectivity index (χ3v) is 3.10. The predicted molar refractivity (Wildman–Crippen MR) is 78.1 cm³/mol. The maximum absolute atomic E-state index is 11.6. The number of hydrogen-bond donors (Lipinski definition) is 2. The molecule has 1 aromatic rings. The molecule has 1 unspecified atom stereocenters. The molecular weight excluding hydrogens is 262 g/mol. The van der Waals surface area contributed by atoms with Crippen molar-refractivity contribution < 1.29 is 9.90 Å². The lowest BCUT2D eigenvalue weighted by Gasteiger charge is -2.18. The van der Waals surface area contributed by atoms with Crippen LogP contribution in [0.3, 0.4) is 0 Å². The molecule has 1 amide bonds. The first kappa shape index (κ1) is 16.0. The maximum atomic E-state index is 11.6. The molecule has 0 aliphatic heterocycles. The smallest absolute Gasteiger partial charge is 0.220 e. The zero-order valence-corrected chi connectivity index (χ0v) is 12.5. The predicted octanol–water partition coefficient (Wildman–Crippen LogP) is 3.32. The number of amides is 1. The number of rotatable bonds is 5. The molecule has 0 aliphatic carbocycles. The molecule has 0 spiro atoms. The summed E-state index contributed by atoms with van der Waals surface area (Å²) in [6.07, 6.45) is 0.614. The Bertz CT molecular complexity index is 409. The summed E-state index contributed by atoms with van der Waals surface area (Å²) >= 11 is 5.78. The van der Waals surface area contributed by atoms with E-state index >= 15 is 0 Å². The number of nitrogens with one attached hydrogen (secondary N) is 1. The number of halogens is 1. The van der Waals surface area contributed by atoms with Gasteiger partial charge in [0.15, 0.2) is 0 Å². The SMILES string of the molecule is CC(C)(C)CCC(=O)NCC(O)c1ccc(Cl)cc1. The highest BCUT2D eigenvalue weighted by molar-refractivity contribution is 6.30. The molecule has 0 aromatic heterocycles. The Morgan fingerprint density at radius 1 is 1.32 bits per heavy atom. The summed E-state index contributed by atoms with van der Waals surface area (Å²) in [5.41, 5.74) is 0.895. The Balaban J connectivity index is 2.35. The van der Waals surface area contributed by atoms with Crippen molar-refractivity contribution in [1.29, 1.82) is 0 Å². The van der Waals surface area contributed by atoms with E-state index in [0.717, 1.165) is 12.0 Å². The fraction of sp³-hybridized carbons (Fsp3) is 0.533. The fourth-order valence-electron chi connectivity index (χ4n) is 1.59.